The van der Waals surface area contributed by atoms with Crippen molar-refractivity contribution in [1.82, 2.24) is 14.8 Å². The predicted octanol–water partition coefficient (Wildman–Crippen LogP) is 2.11. The van der Waals surface area contributed by atoms with Crippen molar-refractivity contribution >= 4 is 0 Å². The molecule has 1 atom stereocenters. The van der Waals surface area contributed by atoms with Crippen LogP contribution < -0.4 is 5.73 Å². The Balaban J connectivity index is 1.88. The van der Waals surface area contributed by atoms with Gasteiger partial charge in [0, 0.05) is 36.6 Å². The Morgan fingerprint density at radius 2 is 2.21 bits per heavy atom. The SMILES string of the molecule is CCn1nc(C)cc1CC(N)CCc1ccccn1. The summed E-state index contributed by atoms with van der Waals surface area (Å²) in [5.74, 6) is 0. The van der Waals surface area contributed by atoms with Crippen LogP contribution in [0.15, 0.2) is 30.5 Å². The summed E-state index contributed by atoms with van der Waals surface area (Å²) in [5, 5.41) is 4.45. The first kappa shape index (κ1) is 13.7. The zero-order chi connectivity index (χ0) is 13.7. The summed E-state index contributed by atoms with van der Waals surface area (Å²) in [6.45, 7) is 5.03. The minimum atomic E-state index is 0.156. The fourth-order valence-corrected chi connectivity index (χ4v) is 2.29. The third-order valence-electron chi connectivity index (χ3n) is 3.25. The Morgan fingerprint density at radius 3 is 2.89 bits per heavy atom. The summed E-state index contributed by atoms with van der Waals surface area (Å²) >= 11 is 0. The van der Waals surface area contributed by atoms with Crippen molar-refractivity contribution < 1.29 is 0 Å². The van der Waals surface area contributed by atoms with Crippen molar-refractivity contribution in [2.45, 2.75) is 45.7 Å². The molecule has 0 spiro atoms. The summed E-state index contributed by atoms with van der Waals surface area (Å²) in [5.41, 5.74) is 9.62. The van der Waals surface area contributed by atoms with E-state index in [2.05, 4.69) is 23.1 Å². The van der Waals surface area contributed by atoms with Crippen molar-refractivity contribution in [2.75, 3.05) is 0 Å². The molecule has 0 aliphatic carbocycles. The molecule has 4 heteroatoms. The van der Waals surface area contributed by atoms with E-state index in [0.29, 0.717) is 0 Å². The second-order valence-corrected chi connectivity index (χ2v) is 4.92. The maximum absolute atomic E-state index is 6.22. The van der Waals surface area contributed by atoms with Gasteiger partial charge in [-0.2, -0.15) is 5.10 Å². The highest BCUT2D eigenvalue weighted by Crippen LogP contribution is 2.09. The van der Waals surface area contributed by atoms with Gasteiger partial charge in [-0.1, -0.05) is 6.07 Å². The van der Waals surface area contributed by atoms with Gasteiger partial charge >= 0.3 is 0 Å². The van der Waals surface area contributed by atoms with Gasteiger partial charge < -0.3 is 5.73 Å². The number of nitrogens with two attached hydrogens (primary N) is 1. The minimum absolute atomic E-state index is 0.156. The second kappa shape index (κ2) is 6.48. The van der Waals surface area contributed by atoms with E-state index in [-0.39, 0.29) is 6.04 Å². The molecule has 0 aromatic carbocycles. The van der Waals surface area contributed by atoms with E-state index in [4.69, 9.17) is 5.73 Å². The molecule has 1 unspecified atom stereocenters. The van der Waals surface area contributed by atoms with Gasteiger partial charge in [-0.3, -0.25) is 9.67 Å². The fourth-order valence-electron chi connectivity index (χ4n) is 2.29. The molecule has 4 nitrogen and oxygen atoms in total. The molecular weight excluding hydrogens is 236 g/mol. The average Bonchev–Trinajstić information content (AvgIpc) is 2.77. The van der Waals surface area contributed by atoms with E-state index in [1.807, 2.05) is 36.0 Å². The molecular formula is C15H22N4. The van der Waals surface area contributed by atoms with Gasteiger partial charge in [0.25, 0.3) is 0 Å². The Bertz CT molecular complexity index is 504. The van der Waals surface area contributed by atoms with Gasteiger partial charge in [-0.05, 0) is 44.9 Å². The van der Waals surface area contributed by atoms with Crippen LogP contribution in [0.1, 0.15) is 30.4 Å². The zero-order valence-corrected chi connectivity index (χ0v) is 11.7. The van der Waals surface area contributed by atoms with Crippen molar-refractivity contribution in [3.05, 3.63) is 47.5 Å². The maximum Gasteiger partial charge on any atom is 0.0596 e. The number of nitrogens with zero attached hydrogens (tertiary/aromatic N) is 3. The van der Waals surface area contributed by atoms with Crippen LogP contribution in [0.2, 0.25) is 0 Å². The Kier molecular flexibility index (Phi) is 4.68. The van der Waals surface area contributed by atoms with Gasteiger partial charge in [0.05, 0.1) is 5.69 Å². The van der Waals surface area contributed by atoms with Crippen LogP contribution in [0, 0.1) is 6.92 Å². The molecule has 2 N–H and O–H groups in total. The number of rotatable bonds is 6. The van der Waals surface area contributed by atoms with Gasteiger partial charge in [-0.25, -0.2) is 0 Å². The van der Waals surface area contributed by atoms with Crippen LogP contribution in [-0.2, 0) is 19.4 Å². The van der Waals surface area contributed by atoms with Crippen LogP contribution in [0.3, 0.4) is 0 Å². The largest absolute Gasteiger partial charge is 0.327 e. The molecule has 0 radical (unpaired) electrons. The summed E-state index contributed by atoms with van der Waals surface area (Å²) in [7, 11) is 0. The van der Waals surface area contributed by atoms with Crippen molar-refractivity contribution in [1.29, 1.82) is 0 Å². The van der Waals surface area contributed by atoms with E-state index in [1.54, 1.807) is 0 Å². The highest BCUT2D eigenvalue weighted by molar-refractivity contribution is 5.11. The van der Waals surface area contributed by atoms with E-state index in [1.165, 1.54) is 5.69 Å². The molecule has 0 aliphatic heterocycles. The Morgan fingerprint density at radius 1 is 1.37 bits per heavy atom. The third-order valence-corrected chi connectivity index (χ3v) is 3.25. The van der Waals surface area contributed by atoms with Crippen LogP contribution in [-0.4, -0.2) is 20.8 Å². The van der Waals surface area contributed by atoms with Gasteiger partial charge in [-0.15, -0.1) is 0 Å². The smallest absolute Gasteiger partial charge is 0.0596 e. The monoisotopic (exact) mass is 258 g/mol. The lowest BCUT2D eigenvalue weighted by Crippen LogP contribution is -2.25. The number of pyridine rings is 1. The highest BCUT2D eigenvalue weighted by Gasteiger charge is 2.10. The van der Waals surface area contributed by atoms with E-state index in [9.17, 15) is 0 Å². The standard InChI is InChI=1S/C15H22N4/c1-3-19-15(10-12(2)18-19)11-13(16)7-8-14-6-4-5-9-17-14/h4-6,9-10,13H,3,7-8,11,16H2,1-2H3. The minimum Gasteiger partial charge on any atom is -0.327 e. The topological polar surface area (TPSA) is 56.7 Å². The van der Waals surface area contributed by atoms with Crippen molar-refractivity contribution in [3.8, 4) is 0 Å². The first-order valence-electron chi connectivity index (χ1n) is 6.88. The lowest BCUT2D eigenvalue weighted by atomic mass is 10.0. The summed E-state index contributed by atoms with van der Waals surface area (Å²) in [6.07, 6.45) is 4.59. The molecule has 0 amide bonds. The first-order chi connectivity index (χ1) is 9.19. The normalized spacial score (nSPS) is 12.6. The second-order valence-electron chi connectivity index (χ2n) is 4.92. The average molecular weight is 258 g/mol. The number of hydrogen-bond donors (Lipinski definition) is 1. The van der Waals surface area contributed by atoms with Gasteiger partial charge in [0.2, 0.25) is 0 Å². The van der Waals surface area contributed by atoms with Crippen molar-refractivity contribution in [3.63, 3.8) is 0 Å². The quantitative estimate of drug-likeness (QED) is 0.863. The van der Waals surface area contributed by atoms with Gasteiger partial charge in [0.1, 0.15) is 0 Å². The predicted molar refractivity (Wildman–Crippen MR) is 76.9 cm³/mol. The maximum atomic E-state index is 6.22. The zero-order valence-electron chi connectivity index (χ0n) is 11.7. The first-order valence-corrected chi connectivity index (χ1v) is 6.88. The number of aromatic nitrogens is 3. The van der Waals surface area contributed by atoms with Gasteiger partial charge in [0.15, 0.2) is 0 Å². The molecule has 2 heterocycles. The lowest BCUT2D eigenvalue weighted by Gasteiger charge is -2.12. The van der Waals surface area contributed by atoms with Crippen LogP contribution in [0.5, 0.6) is 0 Å². The molecule has 19 heavy (non-hydrogen) atoms. The highest BCUT2D eigenvalue weighted by atomic mass is 15.3. The molecule has 2 aromatic heterocycles. The summed E-state index contributed by atoms with van der Waals surface area (Å²) in [6, 6.07) is 8.29. The molecule has 102 valence electrons. The molecule has 0 saturated carbocycles. The molecule has 0 fully saturated rings. The summed E-state index contributed by atoms with van der Waals surface area (Å²) in [4.78, 5) is 4.32. The lowest BCUT2D eigenvalue weighted by molar-refractivity contribution is 0.552. The molecule has 2 aromatic rings. The molecule has 2 rings (SSSR count). The van der Waals surface area contributed by atoms with E-state index >= 15 is 0 Å². The Hall–Kier alpha value is -1.68. The van der Waals surface area contributed by atoms with Crippen LogP contribution in [0.4, 0.5) is 0 Å². The molecule has 0 saturated heterocycles. The fraction of sp³-hybridized carbons (Fsp3) is 0.467. The van der Waals surface area contributed by atoms with Crippen LogP contribution in [0.25, 0.3) is 0 Å². The van der Waals surface area contributed by atoms with Crippen molar-refractivity contribution in [2.24, 2.45) is 5.73 Å². The summed E-state index contributed by atoms with van der Waals surface area (Å²) < 4.78 is 2.04. The number of hydrogen-bond acceptors (Lipinski definition) is 3. The van der Waals surface area contributed by atoms with Crippen LogP contribution >= 0.6 is 0 Å². The third kappa shape index (κ3) is 3.89. The molecule has 0 bridgehead atoms. The Labute approximate surface area is 114 Å². The van der Waals surface area contributed by atoms with E-state index in [0.717, 1.165) is 37.2 Å². The van der Waals surface area contributed by atoms with E-state index < -0.39 is 0 Å². The number of aryl methyl sites for hydroxylation is 3. The molecule has 0 aliphatic rings.